The molecule has 176 valence electrons. The van der Waals surface area contributed by atoms with Gasteiger partial charge in [-0.3, -0.25) is 14.4 Å². The van der Waals surface area contributed by atoms with Crippen molar-refractivity contribution in [3.63, 3.8) is 0 Å². The number of hydrogen-bond donors (Lipinski definition) is 2. The highest BCUT2D eigenvalue weighted by Gasteiger charge is 2.34. The highest BCUT2D eigenvalue weighted by Crippen LogP contribution is 2.23. The second kappa shape index (κ2) is 12.4. The molecule has 1 fully saturated rings. The van der Waals surface area contributed by atoms with E-state index in [0.29, 0.717) is 56.1 Å². The molecule has 3 rings (SSSR count). The Hall–Kier alpha value is -2.90. The van der Waals surface area contributed by atoms with Crippen molar-refractivity contribution in [2.45, 2.75) is 25.3 Å². The van der Waals surface area contributed by atoms with Gasteiger partial charge in [0.15, 0.2) is 0 Å². The maximum atomic E-state index is 12.9. The van der Waals surface area contributed by atoms with Crippen LogP contribution >= 0.6 is 11.6 Å². The zero-order valence-electron chi connectivity index (χ0n) is 18.8. The Morgan fingerprint density at radius 3 is 2.39 bits per heavy atom. The Labute approximate surface area is 199 Å². The van der Waals surface area contributed by atoms with Crippen LogP contribution in [-0.4, -0.2) is 62.0 Å². The summed E-state index contributed by atoms with van der Waals surface area (Å²) < 4.78 is 5.01. The van der Waals surface area contributed by atoms with Crippen LogP contribution in [0.25, 0.3) is 0 Å². The number of methoxy groups -OCH3 is 1. The third-order valence-electron chi connectivity index (χ3n) is 5.85. The van der Waals surface area contributed by atoms with E-state index < -0.39 is 11.9 Å². The van der Waals surface area contributed by atoms with E-state index in [1.54, 1.807) is 31.4 Å². The Morgan fingerprint density at radius 2 is 1.73 bits per heavy atom. The van der Waals surface area contributed by atoms with E-state index in [0.717, 1.165) is 5.56 Å². The number of nitrogens with zero attached hydrogens (tertiary/aromatic N) is 1. The average molecular weight is 472 g/mol. The largest absolute Gasteiger partial charge is 0.383 e. The first-order valence-corrected chi connectivity index (χ1v) is 11.5. The maximum absolute atomic E-state index is 12.9. The van der Waals surface area contributed by atoms with E-state index in [1.807, 2.05) is 35.2 Å². The molecule has 0 spiro atoms. The molecular formula is C25H30ClN3O4. The first-order valence-electron chi connectivity index (χ1n) is 11.1. The topological polar surface area (TPSA) is 87.7 Å². The van der Waals surface area contributed by atoms with Crippen LogP contribution in [-0.2, 0) is 20.7 Å². The summed E-state index contributed by atoms with van der Waals surface area (Å²) in [6.07, 6.45) is 1.59. The molecular weight excluding hydrogens is 442 g/mol. The van der Waals surface area contributed by atoms with Gasteiger partial charge in [0.2, 0.25) is 11.8 Å². The lowest BCUT2D eigenvalue weighted by atomic mass is 9.88. The Morgan fingerprint density at radius 1 is 1.06 bits per heavy atom. The Bertz CT molecular complexity index is 946. The van der Waals surface area contributed by atoms with Gasteiger partial charge in [0.05, 0.1) is 23.6 Å². The number of hydrogen-bond acceptors (Lipinski definition) is 4. The molecule has 1 atom stereocenters. The molecule has 1 aliphatic heterocycles. The van der Waals surface area contributed by atoms with Crippen molar-refractivity contribution < 1.29 is 19.1 Å². The fourth-order valence-corrected chi connectivity index (χ4v) is 4.23. The molecule has 1 heterocycles. The van der Waals surface area contributed by atoms with Crippen molar-refractivity contribution >= 4 is 29.3 Å². The summed E-state index contributed by atoms with van der Waals surface area (Å²) in [5.74, 6) is -0.683. The van der Waals surface area contributed by atoms with Gasteiger partial charge >= 0.3 is 0 Å². The van der Waals surface area contributed by atoms with Crippen LogP contribution in [0, 0.1) is 5.92 Å². The molecule has 2 N–H and O–H groups in total. The van der Waals surface area contributed by atoms with Gasteiger partial charge in [-0.1, -0.05) is 54.1 Å². The van der Waals surface area contributed by atoms with Gasteiger partial charge in [-0.15, -0.1) is 0 Å². The number of amides is 3. The molecule has 2 aromatic carbocycles. The van der Waals surface area contributed by atoms with E-state index in [2.05, 4.69) is 10.6 Å². The van der Waals surface area contributed by atoms with Gasteiger partial charge < -0.3 is 20.3 Å². The van der Waals surface area contributed by atoms with Crippen LogP contribution in [0.15, 0.2) is 54.6 Å². The third kappa shape index (κ3) is 7.04. The molecule has 3 amide bonds. The van der Waals surface area contributed by atoms with Crippen molar-refractivity contribution in [2.24, 2.45) is 5.92 Å². The Kier molecular flexibility index (Phi) is 9.27. The van der Waals surface area contributed by atoms with E-state index >= 15 is 0 Å². The van der Waals surface area contributed by atoms with E-state index in [4.69, 9.17) is 16.3 Å². The molecule has 0 saturated carbocycles. The number of rotatable bonds is 9. The van der Waals surface area contributed by atoms with Crippen LogP contribution in [0.1, 0.15) is 28.8 Å². The SMILES string of the molecule is COCCNC(=O)C(NC(=O)c1ccccc1Cl)C1CCN(C(=O)Cc2ccccc2)CC1. The third-order valence-corrected chi connectivity index (χ3v) is 6.18. The number of halogens is 1. The molecule has 1 saturated heterocycles. The molecule has 0 aromatic heterocycles. The van der Waals surface area contributed by atoms with Crippen LogP contribution in [0.2, 0.25) is 5.02 Å². The van der Waals surface area contributed by atoms with Crippen LogP contribution in [0.3, 0.4) is 0 Å². The van der Waals surface area contributed by atoms with E-state index in [9.17, 15) is 14.4 Å². The van der Waals surface area contributed by atoms with Crippen molar-refractivity contribution in [3.8, 4) is 0 Å². The lowest BCUT2D eigenvalue weighted by molar-refractivity contribution is -0.132. The first kappa shape index (κ1) is 24.7. The minimum atomic E-state index is -0.725. The van der Waals surface area contributed by atoms with Gasteiger partial charge in [0, 0.05) is 26.7 Å². The monoisotopic (exact) mass is 471 g/mol. The maximum Gasteiger partial charge on any atom is 0.253 e. The molecule has 7 nitrogen and oxygen atoms in total. The van der Waals surface area contributed by atoms with E-state index in [-0.39, 0.29) is 17.7 Å². The zero-order valence-corrected chi connectivity index (χ0v) is 19.5. The predicted octanol–water partition coefficient (Wildman–Crippen LogP) is 2.68. The molecule has 33 heavy (non-hydrogen) atoms. The predicted molar refractivity (Wildman–Crippen MR) is 127 cm³/mol. The van der Waals surface area contributed by atoms with Gasteiger partial charge in [0.1, 0.15) is 6.04 Å². The van der Waals surface area contributed by atoms with Crippen LogP contribution in [0.4, 0.5) is 0 Å². The number of nitrogens with one attached hydrogen (secondary N) is 2. The molecule has 1 unspecified atom stereocenters. The summed E-state index contributed by atoms with van der Waals surface area (Å²) in [6, 6.07) is 15.7. The van der Waals surface area contributed by atoms with Crippen LogP contribution in [0.5, 0.6) is 0 Å². The minimum absolute atomic E-state index is 0.0702. The van der Waals surface area contributed by atoms with Crippen molar-refractivity contribution in [1.29, 1.82) is 0 Å². The summed E-state index contributed by atoms with van der Waals surface area (Å²) in [5, 5.41) is 6.03. The molecule has 2 aromatic rings. The van der Waals surface area contributed by atoms with Crippen LogP contribution < -0.4 is 10.6 Å². The lowest BCUT2D eigenvalue weighted by Crippen LogP contribution is -2.54. The number of likely N-dealkylation sites (tertiary alicyclic amines) is 1. The molecule has 0 aliphatic carbocycles. The Balaban J connectivity index is 1.64. The molecule has 8 heteroatoms. The number of carbonyl (C=O) groups excluding carboxylic acids is 3. The number of carbonyl (C=O) groups is 3. The smallest absolute Gasteiger partial charge is 0.253 e. The lowest BCUT2D eigenvalue weighted by Gasteiger charge is -2.36. The summed E-state index contributed by atoms with van der Waals surface area (Å²) >= 11 is 6.17. The average Bonchev–Trinajstić information content (AvgIpc) is 2.83. The first-order chi connectivity index (χ1) is 16.0. The number of ether oxygens (including phenoxy) is 1. The summed E-state index contributed by atoms with van der Waals surface area (Å²) in [5.41, 5.74) is 1.30. The van der Waals surface area contributed by atoms with Gasteiger partial charge in [-0.25, -0.2) is 0 Å². The molecule has 1 aliphatic rings. The summed E-state index contributed by atoms with van der Waals surface area (Å²) in [4.78, 5) is 40.3. The standard InChI is InChI=1S/C25H30ClN3O4/c1-33-16-13-27-25(32)23(28-24(31)20-9-5-6-10-21(20)26)19-11-14-29(15-12-19)22(30)17-18-7-3-2-4-8-18/h2-10,19,23H,11-17H2,1H3,(H,27,32)(H,28,31). The van der Waals surface area contributed by atoms with Gasteiger partial charge in [-0.05, 0) is 36.5 Å². The normalized spacial score (nSPS) is 15.0. The van der Waals surface area contributed by atoms with Crippen molar-refractivity contribution in [1.82, 2.24) is 15.5 Å². The minimum Gasteiger partial charge on any atom is -0.383 e. The number of piperidine rings is 1. The fraction of sp³-hybridized carbons (Fsp3) is 0.400. The molecule has 0 bridgehead atoms. The van der Waals surface area contributed by atoms with Crippen molar-refractivity contribution in [2.75, 3.05) is 33.4 Å². The summed E-state index contributed by atoms with van der Waals surface area (Å²) in [6.45, 7) is 1.81. The highest BCUT2D eigenvalue weighted by molar-refractivity contribution is 6.33. The fourth-order valence-electron chi connectivity index (χ4n) is 4.01. The summed E-state index contributed by atoms with van der Waals surface area (Å²) in [7, 11) is 1.56. The quantitative estimate of drug-likeness (QED) is 0.550. The zero-order chi connectivity index (χ0) is 23.6. The van der Waals surface area contributed by atoms with Gasteiger partial charge in [-0.2, -0.15) is 0 Å². The second-order valence-electron chi connectivity index (χ2n) is 8.10. The van der Waals surface area contributed by atoms with Gasteiger partial charge in [0.25, 0.3) is 5.91 Å². The second-order valence-corrected chi connectivity index (χ2v) is 8.50. The van der Waals surface area contributed by atoms with E-state index in [1.165, 1.54) is 0 Å². The number of benzene rings is 2. The molecule has 0 radical (unpaired) electrons. The van der Waals surface area contributed by atoms with Crippen molar-refractivity contribution in [3.05, 3.63) is 70.7 Å². The highest BCUT2D eigenvalue weighted by atomic mass is 35.5.